The number of nitrogens with zero attached hydrogens (tertiary/aromatic N) is 1. The van der Waals surface area contributed by atoms with Gasteiger partial charge in [0.2, 0.25) is 0 Å². The van der Waals surface area contributed by atoms with E-state index in [9.17, 15) is 4.79 Å². The molecule has 0 bridgehead atoms. The van der Waals surface area contributed by atoms with E-state index in [4.69, 9.17) is 22.1 Å². The number of amidine groups is 1. The van der Waals surface area contributed by atoms with Crippen molar-refractivity contribution >= 4 is 40.2 Å². The number of halogens is 1. The molecule has 0 aliphatic carbocycles. The highest BCUT2D eigenvalue weighted by atomic mass is 35.5. The number of thioether (sulfide) groups is 1. The zero-order valence-electron chi connectivity index (χ0n) is 12.0. The van der Waals surface area contributed by atoms with Gasteiger partial charge in [0.25, 0.3) is 0 Å². The molecule has 0 aliphatic rings. The minimum Gasteiger partial charge on any atom is -0.465 e. The lowest BCUT2D eigenvalue weighted by Gasteiger charge is -2.04. The number of hydrogen-bond donors (Lipinski definition) is 1. The van der Waals surface area contributed by atoms with Crippen molar-refractivity contribution < 1.29 is 9.53 Å². The average molecular weight is 335 g/mol. The Bertz CT molecular complexity index is 687. The molecule has 0 aliphatic heterocycles. The largest absolute Gasteiger partial charge is 0.465 e. The van der Waals surface area contributed by atoms with Crippen LogP contribution in [0.25, 0.3) is 0 Å². The zero-order valence-corrected chi connectivity index (χ0v) is 13.5. The van der Waals surface area contributed by atoms with Crippen LogP contribution in [0.2, 0.25) is 5.02 Å². The van der Waals surface area contributed by atoms with E-state index in [0.29, 0.717) is 21.5 Å². The van der Waals surface area contributed by atoms with Gasteiger partial charge in [-0.15, -0.1) is 0 Å². The van der Waals surface area contributed by atoms with Crippen molar-refractivity contribution in [3.8, 4) is 0 Å². The second-order valence-electron chi connectivity index (χ2n) is 4.41. The third-order valence-corrected chi connectivity index (χ3v) is 3.92. The van der Waals surface area contributed by atoms with E-state index in [1.54, 1.807) is 36.4 Å². The fourth-order valence-electron chi connectivity index (χ4n) is 1.74. The average Bonchev–Trinajstić information content (AvgIpc) is 2.54. The van der Waals surface area contributed by atoms with Gasteiger partial charge < -0.3 is 10.5 Å². The summed E-state index contributed by atoms with van der Waals surface area (Å²) in [6.45, 7) is 0. The van der Waals surface area contributed by atoms with Crippen LogP contribution in [-0.2, 0) is 10.5 Å². The summed E-state index contributed by atoms with van der Waals surface area (Å²) in [4.78, 5) is 15.8. The minimum atomic E-state index is -0.352. The Morgan fingerprint density at radius 3 is 2.68 bits per heavy atom. The third-order valence-electron chi connectivity index (χ3n) is 2.80. The first-order valence-corrected chi connectivity index (χ1v) is 7.84. The van der Waals surface area contributed by atoms with Crippen molar-refractivity contribution in [2.24, 2.45) is 10.7 Å². The summed E-state index contributed by atoms with van der Waals surface area (Å²) in [5.41, 5.74) is 8.15. The van der Waals surface area contributed by atoms with Gasteiger partial charge in [0.1, 0.15) is 0 Å². The Kier molecular flexibility index (Phi) is 5.86. The number of rotatable bonds is 4. The molecule has 2 N–H and O–H groups in total. The number of esters is 1. The summed E-state index contributed by atoms with van der Waals surface area (Å²) in [6, 6.07) is 14.4. The van der Waals surface area contributed by atoms with Crippen LogP contribution in [0.5, 0.6) is 0 Å². The van der Waals surface area contributed by atoms with Gasteiger partial charge in [0, 0.05) is 10.8 Å². The normalized spacial score (nSPS) is 11.3. The molecule has 0 amide bonds. The molecule has 2 rings (SSSR count). The summed E-state index contributed by atoms with van der Waals surface area (Å²) >= 11 is 7.22. The van der Waals surface area contributed by atoms with Crippen LogP contribution in [0.1, 0.15) is 15.9 Å². The number of carbonyl (C=O) groups is 1. The smallest absolute Gasteiger partial charge is 0.337 e. The van der Waals surface area contributed by atoms with Crippen LogP contribution < -0.4 is 5.73 Å². The van der Waals surface area contributed by atoms with Crippen LogP contribution in [-0.4, -0.2) is 18.2 Å². The molecule has 2 aromatic rings. The molecule has 0 radical (unpaired) electrons. The molecule has 2 aromatic carbocycles. The minimum absolute atomic E-state index is 0.352. The van der Waals surface area contributed by atoms with E-state index < -0.39 is 0 Å². The molecule has 4 nitrogen and oxygen atoms in total. The number of nitrogens with two attached hydrogens (primary N) is 1. The summed E-state index contributed by atoms with van der Waals surface area (Å²) in [5.74, 6) is 0.267. The lowest BCUT2D eigenvalue weighted by atomic mass is 10.1. The summed E-state index contributed by atoms with van der Waals surface area (Å²) in [7, 11) is 1.36. The quantitative estimate of drug-likeness (QED) is 0.521. The SMILES string of the molecule is COC(=O)c1cccc(CSC(N)=Nc2ccc(Cl)cc2)c1. The standard InChI is InChI=1S/C16H15ClN2O2S/c1-21-15(20)12-4-2-3-11(9-12)10-22-16(18)19-14-7-5-13(17)6-8-14/h2-9H,10H2,1H3,(H2,18,19). The van der Waals surface area contributed by atoms with Gasteiger partial charge in [0.15, 0.2) is 5.17 Å². The van der Waals surface area contributed by atoms with Gasteiger partial charge in [-0.05, 0) is 42.0 Å². The first-order chi connectivity index (χ1) is 10.6. The van der Waals surface area contributed by atoms with Gasteiger partial charge in [-0.3, -0.25) is 0 Å². The summed E-state index contributed by atoms with van der Waals surface area (Å²) in [5, 5.41) is 1.11. The van der Waals surface area contributed by atoms with Crippen LogP contribution in [0.4, 0.5) is 5.69 Å². The monoisotopic (exact) mass is 334 g/mol. The van der Waals surface area contributed by atoms with Gasteiger partial charge >= 0.3 is 5.97 Å². The van der Waals surface area contributed by atoms with Crippen molar-refractivity contribution in [2.75, 3.05) is 7.11 Å². The predicted octanol–water partition coefficient (Wildman–Crippen LogP) is 4.01. The van der Waals surface area contributed by atoms with Gasteiger partial charge in [-0.2, -0.15) is 0 Å². The highest BCUT2D eigenvalue weighted by Crippen LogP contribution is 2.19. The first kappa shape index (κ1) is 16.4. The fourth-order valence-corrected chi connectivity index (χ4v) is 2.53. The third kappa shape index (κ3) is 4.79. The van der Waals surface area contributed by atoms with Gasteiger partial charge in [-0.25, -0.2) is 9.79 Å². The molecular formula is C16H15ClN2O2S. The molecule has 0 atom stereocenters. The summed E-state index contributed by atoms with van der Waals surface area (Å²) in [6.07, 6.45) is 0. The van der Waals surface area contributed by atoms with Crippen LogP contribution in [0.15, 0.2) is 53.5 Å². The van der Waals surface area contributed by atoms with E-state index in [1.165, 1.54) is 18.9 Å². The maximum atomic E-state index is 11.5. The Hall–Kier alpha value is -1.98. The lowest BCUT2D eigenvalue weighted by Crippen LogP contribution is -2.06. The van der Waals surface area contributed by atoms with Crippen molar-refractivity contribution in [1.29, 1.82) is 0 Å². The van der Waals surface area contributed by atoms with E-state index >= 15 is 0 Å². The van der Waals surface area contributed by atoms with Crippen molar-refractivity contribution in [2.45, 2.75) is 5.75 Å². The van der Waals surface area contributed by atoms with E-state index in [-0.39, 0.29) is 5.97 Å². The molecule has 0 aromatic heterocycles. The van der Waals surface area contributed by atoms with Crippen LogP contribution >= 0.6 is 23.4 Å². The second-order valence-corrected chi connectivity index (χ2v) is 5.84. The molecule has 0 spiro atoms. The van der Waals surface area contributed by atoms with Crippen LogP contribution in [0, 0.1) is 0 Å². The Labute approximate surface area is 138 Å². The Morgan fingerprint density at radius 2 is 2.00 bits per heavy atom. The number of methoxy groups -OCH3 is 1. The maximum absolute atomic E-state index is 11.5. The number of carbonyl (C=O) groups excluding carboxylic acids is 1. The molecule has 0 unspecified atom stereocenters. The zero-order chi connectivity index (χ0) is 15.9. The molecule has 114 valence electrons. The lowest BCUT2D eigenvalue weighted by molar-refractivity contribution is 0.0600. The second kappa shape index (κ2) is 7.87. The van der Waals surface area contributed by atoms with Gasteiger partial charge in [0.05, 0.1) is 18.4 Å². The fraction of sp³-hybridized carbons (Fsp3) is 0.125. The Balaban J connectivity index is 2.00. The van der Waals surface area contributed by atoms with Crippen molar-refractivity contribution in [3.63, 3.8) is 0 Å². The molecule has 0 saturated heterocycles. The first-order valence-electron chi connectivity index (χ1n) is 6.48. The van der Waals surface area contributed by atoms with Gasteiger partial charge in [-0.1, -0.05) is 35.5 Å². The number of aliphatic imine (C=N–C) groups is 1. The predicted molar refractivity (Wildman–Crippen MR) is 91.8 cm³/mol. The van der Waals surface area contributed by atoms with E-state index in [0.717, 1.165) is 11.3 Å². The number of ether oxygens (including phenoxy) is 1. The maximum Gasteiger partial charge on any atom is 0.337 e. The molecule has 22 heavy (non-hydrogen) atoms. The molecule has 0 saturated carbocycles. The van der Waals surface area contributed by atoms with Crippen molar-refractivity contribution in [3.05, 3.63) is 64.7 Å². The summed E-state index contributed by atoms with van der Waals surface area (Å²) < 4.78 is 4.70. The Morgan fingerprint density at radius 1 is 1.27 bits per heavy atom. The molecular weight excluding hydrogens is 320 g/mol. The molecule has 0 fully saturated rings. The topological polar surface area (TPSA) is 64.7 Å². The van der Waals surface area contributed by atoms with E-state index in [2.05, 4.69) is 4.99 Å². The highest BCUT2D eigenvalue weighted by molar-refractivity contribution is 8.13. The van der Waals surface area contributed by atoms with Crippen molar-refractivity contribution in [1.82, 2.24) is 0 Å². The number of hydrogen-bond acceptors (Lipinski definition) is 4. The number of benzene rings is 2. The molecule has 0 heterocycles. The highest BCUT2D eigenvalue weighted by Gasteiger charge is 2.06. The van der Waals surface area contributed by atoms with E-state index in [1.807, 2.05) is 12.1 Å². The molecule has 6 heteroatoms. The van der Waals surface area contributed by atoms with Crippen LogP contribution in [0.3, 0.4) is 0 Å².